The molecule has 0 aliphatic carbocycles. The summed E-state index contributed by atoms with van der Waals surface area (Å²) < 4.78 is 0. The highest BCUT2D eigenvalue weighted by Gasteiger charge is 2.32. The standard InChI is InChI=1S/C15H33N3O/c1-4-8-18-9-5-6-15(12-16,7-10-18)17-13(2)11-14(3)19/h13-14,17,19H,4-12,16H2,1-3H3. The fourth-order valence-corrected chi connectivity index (χ4v) is 3.29. The van der Waals surface area contributed by atoms with Crippen molar-refractivity contribution < 1.29 is 5.11 Å². The van der Waals surface area contributed by atoms with Gasteiger partial charge < -0.3 is 21.1 Å². The number of aliphatic hydroxyl groups is 1. The number of aliphatic hydroxyl groups excluding tert-OH is 1. The van der Waals surface area contributed by atoms with E-state index in [2.05, 4.69) is 24.1 Å². The molecule has 1 aliphatic rings. The molecule has 0 aromatic carbocycles. The van der Waals surface area contributed by atoms with Crippen molar-refractivity contribution in [3.05, 3.63) is 0 Å². The molecule has 1 rings (SSSR count). The Labute approximate surface area is 118 Å². The summed E-state index contributed by atoms with van der Waals surface area (Å²) >= 11 is 0. The number of hydrogen-bond acceptors (Lipinski definition) is 4. The van der Waals surface area contributed by atoms with Gasteiger partial charge in [0.05, 0.1) is 6.10 Å². The first-order valence-electron chi connectivity index (χ1n) is 7.89. The lowest BCUT2D eigenvalue weighted by Gasteiger charge is -2.36. The SMILES string of the molecule is CCCN1CCCC(CN)(NC(C)CC(C)O)CC1. The monoisotopic (exact) mass is 271 g/mol. The van der Waals surface area contributed by atoms with E-state index in [9.17, 15) is 5.11 Å². The highest BCUT2D eigenvalue weighted by atomic mass is 16.3. The first-order chi connectivity index (χ1) is 9.01. The topological polar surface area (TPSA) is 61.5 Å². The van der Waals surface area contributed by atoms with Crippen LogP contribution < -0.4 is 11.1 Å². The van der Waals surface area contributed by atoms with Gasteiger partial charge in [-0.05, 0) is 65.6 Å². The van der Waals surface area contributed by atoms with Crippen molar-refractivity contribution in [2.45, 2.75) is 70.6 Å². The van der Waals surface area contributed by atoms with Gasteiger partial charge in [-0.3, -0.25) is 0 Å². The summed E-state index contributed by atoms with van der Waals surface area (Å²) in [5.41, 5.74) is 6.13. The summed E-state index contributed by atoms with van der Waals surface area (Å²) in [4.78, 5) is 2.55. The molecule has 114 valence electrons. The lowest BCUT2D eigenvalue weighted by atomic mass is 9.89. The quantitative estimate of drug-likeness (QED) is 0.654. The molecule has 3 atom stereocenters. The van der Waals surface area contributed by atoms with Gasteiger partial charge in [0.1, 0.15) is 0 Å². The van der Waals surface area contributed by atoms with Crippen LogP contribution in [0.25, 0.3) is 0 Å². The maximum atomic E-state index is 9.50. The van der Waals surface area contributed by atoms with Crippen LogP contribution in [0.15, 0.2) is 0 Å². The van der Waals surface area contributed by atoms with Gasteiger partial charge in [-0.2, -0.15) is 0 Å². The molecule has 4 heteroatoms. The second-order valence-electron chi connectivity index (χ2n) is 6.31. The average molecular weight is 271 g/mol. The summed E-state index contributed by atoms with van der Waals surface area (Å²) in [7, 11) is 0. The molecule has 1 heterocycles. The minimum atomic E-state index is -0.250. The largest absolute Gasteiger partial charge is 0.393 e. The second-order valence-corrected chi connectivity index (χ2v) is 6.31. The Hall–Kier alpha value is -0.160. The lowest BCUT2D eigenvalue weighted by molar-refractivity contribution is 0.154. The molecule has 0 aromatic rings. The summed E-state index contributed by atoms with van der Waals surface area (Å²) in [6.07, 6.45) is 5.24. The summed E-state index contributed by atoms with van der Waals surface area (Å²) in [5.74, 6) is 0. The van der Waals surface area contributed by atoms with Gasteiger partial charge >= 0.3 is 0 Å². The van der Waals surface area contributed by atoms with Crippen molar-refractivity contribution in [1.82, 2.24) is 10.2 Å². The van der Waals surface area contributed by atoms with Crippen molar-refractivity contribution in [3.8, 4) is 0 Å². The number of rotatable bonds is 7. The van der Waals surface area contributed by atoms with Crippen LogP contribution in [0, 0.1) is 0 Å². The van der Waals surface area contributed by atoms with Crippen LogP contribution in [0.5, 0.6) is 0 Å². The molecule has 4 nitrogen and oxygen atoms in total. The van der Waals surface area contributed by atoms with E-state index in [0.29, 0.717) is 12.6 Å². The molecule has 0 aromatic heterocycles. The van der Waals surface area contributed by atoms with E-state index in [-0.39, 0.29) is 11.6 Å². The maximum absolute atomic E-state index is 9.50. The van der Waals surface area contributed by atoms with E-state index < -0.39 is 0 Å². The molecule has 1 saturated heterocycles. The molecule has 0 bridgehead atoms. The molecule has 0 amide bonds. The molecule has 1 fully saturated rings. The third-order valence-corrected chi connectivity index (χ3v) is 4.21. The maximum Gasteiger partial charge on any atom is 0.0526 e. The molecular formula is C15H33N3O. The van der Waals surface area contributed by atoms with Gasteiger partial charge in [-0.15, -0.1) is 0 Å². The molecule has 19 heavy (non-hydrogen) atoms. The van der Waals surface area contributed by atoms with Crippen LogP contribution in [0.2, 0.25) is 0 Å². The van der Waals surface area contributed by atoms with Crippen molar-refractivity contribution in [3.63, 3.8) is 0 Å². The van der Waals surface area contributed by atoms with Gasteiger partial charge in [0.15, 0.2) is 0 Å². The molecule has 0 spiro atoms. The third kappa shape index (κ3) is 5.78. The van der Waals surface area contributed by atoms with Crippen molar-refractivity contribution >= 4 is 0 Å². The smallest absolute Gasteiger partial charge is 0.0526 e. The van der Waals surface area contributed by atoms with Crippen LogP contribution in [0.4, 0.5) is 0 Å². The van der Waals surface area contributed by atoms with E-state index in [1.54, 1.807) is 0 Å². The Kier molecular flexibility index (Phi) is 7.29. The van der Waals surface area contributed by atoms with Gasteiger partial charge in [0.25, 0.3) is 0 Å². The minimum absolute atomic E-state index is 0.0663. The van der Waals surface area contributed by atoms with E-state index in [4.69, 9.17) is 5.73 Å². The van der Waals surface area contributed by atoms with Gasteiger partial charge in [0.2, 0.25) is 0 Å². The van der Waals surface area contributed by atoms with Crippen LogP contribution in [0.1, 0.15) is 52.9 Å². The Morgan fingerprint density at radius 1 is 1.32 bits per heavy atom. The Balaban J connectivity index is 2.54. The lowest BCUT2D eigenvalue weighted by Crippen LogP contribution is -2.55. The third-order valence-electron chi connectivity index (χ3n) is 4.21. The van der Waals surface area contributed by atoms with Crippen LogP contribution in [-0.4, -0.2) is 53.9 Å². The van der Waals surface area contributed by atoms with Crippen molar-refractivity contribution in [1.29, 1.82) is 0 Å². The fourth-order valence-electron chi connectivity index (χ4n) is 3.29. The molecule has 0 saturated carbocycles. The number of nitrogens with zero attached hydrogens (tertiary/aromatic N) is 1. The van der Waals surface area contributed by atoms with Crippen molar-refractivity contribution in [2.24, 2.45) is 5.73 Å². The molecule has 3 unspecified atom stereocenters. The van der Waals surface area contributed by atoms with Crippen LogP contribution >= 0.6 is 0 Å². The summed E-state index contributed by atoms with van der Waals surface area (Å²) in [6.45, 7) is 10.5. The van der Waals surface area contributed by atoms with Crippen molar-refractivity contribution in [2.75, 3.05) is 26.2 Å². The number of hydrogen-bond donors (Lipinski definition) is 3. The zero-order chi connectivity index (χ0) is 14.3. The van der Waals surface area contributed by atoms with E-state index in [1.807, 2.05) is 6.92 Å². The molecule has 4 N–H and O–H groups in total. The summed E-state index contributed by atoms with van der Waals surface area (Å²) in [6, 6.07) is 0.321. The van der Waals surface area contributed by atoms with E-state index >= 15 is 0 Å². The second kappa shape index (κ2) is 8.20. The van der Waals surface area contributed by atoms with Crippen LogP contribution in [-0.2, 0) is 0 Å². The highest BCUT2D eigenvalue weighted by Crippen LogP contribution is 2.23. The van der Waals surface area contributed by atoms with Gasteiger partial charge in [0, 0.05) is 18.1 Å². The van der Waals surface area contributed by atoms with Gasteiger partial charge in [-0.25, -0.2) is 0 Å². The fraction of sp³-hybridized carbons (Fsp3) is 1.00. The number of nitrogens with two attached hydrogens (primary N) is 1. The highest BCUT2D eigenvalue weighted by molar-refractivity contribution is 4.94. The predicted octanol–water partition coefficient (Wildman–Crippen LogP) is 1.33. The minimum Gasteiger partial charge on any atom is -0.393 e. The Morgan fingerprint density at radius 2 is 2.05 bits per heavy atom. The molecule has 1 aliphatic heterocycles. The molecular weight excluding hydrogens is 238 g/mol. The first-order valence-corrected chi connectivity index (χ1v) is 7.89. The van der Waals surface area contributed by atoms with Crippen LogP contribution in [0.3, 0.4) is 0 Å². The Morgan fingerprint density at radius 3 is 2.63 bits per heavy atom. The zero-order valence-corrected chi connectivity index (χ0v) is 13.0. The predicted molar refractivity (Wildman–Crippen MR) is 81.3 cm³/mol. The van der Waals surface area contributed by atoms with E-state index in [1.165, 1.54) is 25.9 Å². The van der Waals surface area contributed by atoms with Gasteiger partial charge in [-0.1, -0.05) is 6.92 Å². The Bertz CT molecular complexity index is 248. The number of likely N-dealkylation sites (tertiary alicyclic amines) is 1. The molecule has 0 radical (unpaired) electrons. The summed E-state index contributed by atoms with van der Waals surface area (Å²) in [5, 5.41) is 13.2. The first kappa shape index (κ1) is 16.9. The average Bonchev–Trinajstić information content (AvgIpc) is 2.52. The normalized spacial score (nSPS) is 28.9. The zero-order valence-electron chi connectivity index (χ0n) is 13.0. The number of nitrogens with one attached hydrogen (secondary N) is 1. The van der Waals surface area contributed by atoms with E-state index in [0.717, 1.165) is 25.8 Å².